The van der Waals surface area contributed by atoms with Crippen molar-refractivity contribution in [3.05, 3.63) is 46.9 Å². The van der Waals surface area contributed by atoms with Gasteiger partial charge >= 0.3 is 0 Å². The number of aromatic nitrogens is 1. The van der Waals surface area contributed by atoms with Crippen LogP contribution < -0.4 is 16.2 Å². The van der Waals surface area contributed by atoms with Gasteiger partial charge in [-0.05, 0) is 37.0 Å². The smallest absolute Gasteiger partial charge is 0.182 e. The number of anilines is 1. The summed E-state index contributed by atoms with van der Waals surface area (Å²) >= 11 is 6.03. The number of hydrogen-bond donors (Lipinski definition) is 2. The fraction of sp³-hybridized carbons (Fsp3) is 0.267. The zero-order valence-corrected chi connectivity index (χ0v) is 12.0. The number of hydrogen-bond acceptors (Lipinski definition) is 4. The lowest BCUT2D eigenvalue weighted by Gasteiger charge is -2.16. The Morgan fingerprint density at radius 1 is 1.29 bits per heavy atom. The van der Waals surface area contributed by atoms with Crippen LogP contribution in [0, 0.1) is 11.7 Å². The van der Waals surface area contributed by atoms with Crippen LogP contribution in [0.3, 0.4) is 0 Å². The lowest BCUT2D eigenvalue weighted by Crippen LogP contribution is -2.14. The van der Waals surface area contributed by atoms with Crippen molar-refractivity contribution in [3.63, 3.8) is 0 Å². The van der Waals surface area contributed by atoms with Crippen molar-refractivity contribution < 1.29 is 9.13 Å². The van der Waals surface area contributed by atoms with Gasteiger partial charge in [-0.15, -0.1) is 0 Å². The standard InChI is InChI=1S/C15H15ClFN3O/c16-11-5-4-10(14(19)8-1-2-8)13(17)15(11)21-9-3-6-12(18)20-7-9/h3-8,14H,1-2,19H2,(H2,18,20)/t14-/m1/s1. The molecule has 0 saturated heterocycles. The number of nitrogen functional groups attached to an aromatic ring is 1. The summed E-state index contributed by atoms with van der Waals surface area (Å²) in [6.07, 6.45) is 3.47. The van der Waals surface area contributed by atoms with Crippen molar-refractivity contribution in [2.75, 3.05) is 5.73 Å². The molecule has 4 nitrogen and oxygen atoms in total. The second kappa shape index (κ2) is 5.50. The highest BCUT2D eigenvalue weighted by molar-refractivity contribution is 6.32. The highest BCUT2D eigenvalue weighted by Gasteiger charge is 2.32. The van der Waals surface area contributed by atoms with Crippen molar-refractivity contribution in [3.8, 4) is 11.5 Å². The Bertz CT molecular complexity index is 659. The predicted octanol–water partition coefficient (Wildman–Crippen LogP) is 3.66. The number of nitrogens with zero attached hydrogens (tertiary/aromatic N) is 1. The summed E-state index contributed by atoms with van der Waals surface area (Å²) in [6.45, 7) is 0. The fourth-order valence-corrected chi connectivity index (χ4v) is 2.36. The predicted molar refractivity (Wildman–Crippen MR) is 79.8 cm³/mol. The maximum absolute atomic E-state index is 14.6. The molecule has 1 aromatic heterocycles. The minimum absolute atomic E-state index is 0.0307. The Balaban J connectivity index is 1.93. The van der Waals surface area contributed by atoms with E-state index in [0.717, 1.165) is 12.8 Å². The van der Waals surface area contributed by atoms with Gasteiger partial charge in [-0.1, -0.05) is 17.7 Å². The largest absolute Gasteiger partial charge is 0.451 e. The van der Waals surface area contributed by atoms with Gasteiger partial charge in [-0.2, -0.15) is 0 Å². The van der Waals surface area contributed by atoms with Crippen LogP contribution in [0.4, 0.5) is 10.2 Å². The topological polar surface area (TPSA) is 74.2 Å². The first-order chi connectivity index (χ1) is 10.1. The van der Waals surface area contributed by atoms with Crippen LogP contribution in [0.25, 0.3) is 0 Å². The molecule has 0 spiro atoms. The molecule has 0 bridgehead atoms. The van der Waals surface area contributed by atoms with Crippen LogP contribution in [0.15, 0.2) is 30.5 Å². The summed E-state index contributed by atoms with van der Waals surface area (Å²) in [4.78, 5) is 3.89. The molecule has 4 N–H and O–H groups in total. The molecule has 0 unspecified atom stereocenters. The van der Waals surface area contributed by atoms with E-state index < -0.39 is 5.82 Å². The summed E-state index contributed by atoms with van der Waals surface area (Å²) in [6, 6.07) is 6.07. The van der Waals surface area contributed by atoms with E-state index in [0.29, 0.717) is 23.0 Å². The third kappa shape index (κ3) is 2.94. The molecule has 2 aromatic rings. The van der Waals surface area contributed by atoms with Crippen LogP contribution in [0.5, 0.6) is 11.5 Å². The molecule has 3 rings (SSSR count). The maximum Gasteiger partial charge on any atom is 0.182 e. The summed E-state index contributed by atoms with van der Waals surface area (Å²) in [5.74, 6) is 0.517. The number of halogens is 2. The highest BCUT2D eigenvalue weighted by atomic mass is 35.5. The van der Waals surface area contributed by atoms with E-state index in [9.17, 15) is 4.39 Å². The van der Waals surface area contributed by atoms with Crippen molar-refractivity contribution in [2.24, 2.45) is 11.7 Å². The number of ether oxygens (including phenoxy) is 1. The normalized spacial score (nSPS) is 15.8. The lowest BCUT2D eigenvalue weighted by atomic mass is 10.0. The molecule has 21 heavy (non-hydrogen) atoms. The first-order valence-electron chi connectivity index (χ1n) is 6.69. The van der Waals surface area contributed by atoms with Gasteiger partial charge in [0.2, 0.25) is 0 Å². The summed E-state index contributed by atoms with van der Waals surface area (Å²) in [5.41, 5.74) is 12.0. The zero-order chi connectivity index (χ0) is 15.0. The molecular formula is C15H15ClFN3O. The number of benzene rings is 1. The number of rotatable bonds is 4. The molecule has 1 aliphatic rings. The van der Waals surface area contributed by atoms with E-state index in [-0.39, 0.29) is 16.8 Å². The van der Waals surface area contributed by atoms with Gasteiger partial charge in [0.15, 0.2) is 11.6 Å². The Hall–Kier alpha value is -1.85. The van der Waals surface area contributed by atoms with Crippen LogP contribution >= 0.6 is 11.6 Å². The molecule has 1 atom stereocenters. The fourth-order valence-electron chi connectivity index (χ4n) is 2.18. The van der Waals surface area contributed by atoms with Gasteiger partial charge < -0.3 is 16.2 Å². The highest BCUT2D eigenvalue weighted by Crippen LogP contribution is 2.43. The number of nitrogens with two attached hydrogens (primary N) is 2. The van der Waals surface area contributed by atoms with Crippen molar-refractivity contribution in [1.82, 2.24) is 4.98 Å². The Labute approximate surface area is 126 Å². The summed E-state index contributed by atoms with van der Waals surface area (Å²) < 4.78 is 20.1. The van der Waals surface area contributed by atoms with E-state index in [1.807, 2.05) is 0 Å². The van der Waals surface area contributed by atoms with Gasteiger partial charge in [0.05, 0.1) is 11.2 Å². The van der Waals surface area contributed by atoms with E-state index >= 15 is 0 Å². The Morgan fingerprint density at radius 3 is 2.67 bits per heavy atom. The van der Waals surface area contributed by atoms with Crippen LogP contribution in [0.2, 0.25) is 5.02 Å². The Morgan fingerprint density at radius 2 is 2.05 bits per heavy atom. The molecule has 1 saturated carbocycles. The SMILES string of the molecule is Nc1ccc(Oc2c(Cl)ccc([C@H](N)C3CC3)c2F)cn1. The van der Waals surface area contributed by atoms with Gasteiger partial charge in [0.25, 0.3) is 0 Å². The van der Waals surface area contributed by atoms with Gasteiger partial charge in [0.1, 0.15) is 11.6 Å². The molecule has 1 aromatic carbocycles. The van der Waals surface area contributed by atoms with Gasteiger partial charge in [-0.3, -0.25) is 0 Å². The second-order valence-electron chi connectivity index (χ2n) is 5.16. The van der Waals surface area contributed by atoms with Crippen molar-refractivity contribution >= 4 is 17.4 Å². The van der Waals surface area contributed by atoms with Crippen molar-refractivity contribution in [2.45, 2.75) is 18.9 Å². The molecule has 0 amide bonds. The van der Waals surface area contributed by atoms with Crippen LogP contribution in [-0.2, 0) is 0 Å². The van der Waals surface area contributed by atoms with Gasteiger partial charge in [0, 0.05) is 11.6 Å². The summed E-state index contributed by atoms with van der Waals surface area (Å²) in [5, 5.41) is 0.191. The lowest BCUT2D eigenvalue weighted by molar-refractivity contribution is 0.431. The molecule has 1 fully saturated rings. The van der Waals surface area contributed by atoms with Gasteiger partial charge in [-0.25, -0.2) is 9.37 Å². The van der Waals surface area contributed by atoms with E-state index in [4.69, 9.17) is 27.8 Å². The summed E-state index contributed by atoms with van der Waals surface area (Å²) in [7, 11) is 0. The average molecular weight is 308 g/mol. The number of pyridine rings is 1. The molecule has 1 heterocycles. The molecule has 0 aliphatic heterocycles. The van der Waals surface area contributed by atoms with Crippen LogP contribution in [0.1, 0.15) is 24.4 Å². The first-order valence-corrected chi connectivity index (χ1v) is 7.07. The first kappa shape index (κ1) is 14.1. The minimum Gasteiger partial charge on any atom is -0.451 e. The molecule has 1 aliphatic carbocycles. The third-order valence-corrected chi connectivity index (χ3v) is 3.84. The second-order valence-corrected chi connectivity index (χ2v) is 5.57. The monoisotopic (exact) mass is 307 g/mol. The third-order valence-electron chi connectivity index (χ3n) is 3.55. The minimum atomic E-state index is -0.515. The van der Waals surface area contributed by atoms with Crippen molar-refractivity contribution in [1.29, 1.82) is 0 Å². The maximum atomic E-state index is 14.6. The quantitative estimate of drug-likeness (QED) is 0.904. The molecule has 110 valence electrons. The average Bonchev–Trinajstić information content (AvgIpc) is 3.29. The van der Waals surface area contributed by atoms with Crippen LogP contribution in [-0.4, -0.2) is 4.98 Å². The molecular weight excluding hydrogens is 293 g/mol. The van der Waals surface area contributed by atoms with E-state index in [1.54, 1.807) is 24.3 Å². The van der Waals surface area contributed by atoms with E-state index in [1.165, 1.54) is 6.20 Å². The Kier molecular flexibility index (Phi) is 3.69. The molecule has 6 heteroatoms. The van der Waals surface area contributed by atoms with E-state index in [2.05, 4.69) is 4.98 Å². The zero-order valence-electron chi connectivity index (χ0n) is 11.2. The molecule has 0 radical (unpaired) electrons.